The number of anilines is 3. The van der Waals surface area contributed by atoms with Crippen molar-refractivity contribution in [2.75, 3.05) is 11.4 Å². The minimum atomic E-state index is -0.0137. The van der Waals surface area contributed by atoms with Gasteiger partial charge in [-0.2, -0.15) is 0 Å². The summed E-state index contributed by atoms with van der Waals surface area (Å²) in [6, 6.07) is 63.3. The van der Waals surface area contributed by atoms with E-state index in [2.05, 4.69) is 133 Å². The average Bonchev–Trinajstić information content (AvgIpc) is 3.76. The van der Waals surface area contributed by atoms with E-state index in [1.54, 1.807) is 6.08 Å². The van der Waals surface area contributed by atoms with Crippen LogP contribution in [0.5, 0.6) is 28.7 Å². The van der Waals surface area contributed by atoms with Gasteiger partial charge >= 0.3 is 0 Å². The van der Waals surface area contributed by atoms with Crippen LogP contribution in [0.15, 0.2) is 274 Å². The fourth-order valence-corrected chi connectivity index (χ4v) is 8.22. The van der Waals surface area contributed by atoms with E-state index in [4.69, 9.17) is 18.9 Å². The molecule has 0 aliphatic heterocycles. The average molecular weight is 1040 g/mol. The molecule has 0 aliphatic rings. The topological polar surface area (TPSA) is 57.1 Å². The van der Waals surface area contributed by atoms with Gasteiger partial charge in [-0.05, 0) is 175 Å². The van der Waals surface area contributed by atoms with E-state index in [1.165, 1.54) is 22.2 Å². The standard InChI is InChI=1S/C43H36N2O2.C23H31NO2.C3H6.C2H6/c1-3-4-26-41-32(2)44(33-16-8-5-9-17-33)43-28-27-36(31-42(41)43)45(34-18-14-24-39(29-34)46-37-20-10-6-11-21-37)35-19-15-25-40(30-35)47-38-22-12-7-13-23-38;1-5-7-9-13-20(3)25-21(4)16-18-24-19-17-22(12-6-2)26-23-14-10-8-11-15-23;1-3-2;1-2/h3-25,27-31H,26H2,1-2H3;5-8,10-12,14-18,21,24H,3,9,13,19H2,1-2,4H3;3H,1H2,2H3;1-2H3/b4-3-;7-5-,12-6-,18-16+,22-17+;;. The molecule has 1 aromatic heterocycles. The summed E-state index contributed by atoms with van der Waals surface area (Å²) in [5, 5.41) is 4.45. The minimum absolute atomic E-state index is 0.0137. The van der Waals surface area contributed by atoms with Gasteiger partial charge in [-0.3, -0.25) is 0 Å². The second-order valence-corrected chi connectivity index (χ2v) is 17.5. The maximum atomic E-state index is 6.28. The lowest BCUT2D eigenvalue weighted by Gasteiger charge is -2.26. The lowest BCUT2D eigenvalue weighted by Crippen LogP contribution is -2.10. The van der Waals surface area contributed by atoms with Gasteiger partial charge in [-0.1, -0.05) is 142 Å². The molecule has 0 radical (unpaired) electrons. The van der Waals surface area contributed by atoms with Crippen LogP contribution in [0.1, 0.15) is 72.6 Å². The highest BCUT2D eigenvalue weighted by Crippen LogP contribution is 2.41. The third-order valence-electron chi connectivity index (χ3n) is 11.7. The molecule has 0 fully saturated rings. The zero-order chi connectivity index (χ0) is 55.7. The van der Waals surface area contributed by atoms with E-state index in [-0.39, 0.29) is 6.10 Å². The predicted octanol–water partition coefficient (Wildman–Crippen LogP) is 20.2. The van der Waals surface area contributed by atoms with Gasteiger partial charge in [0, 0.05) is 58.9 Å². The van der Waals surface area contributed by atoms with Gasteiger partial charge in [-0.25, -0.2) is 0 Å². The molecule has 1 N–H and O–H groups in total. The second-order valence-electron chi connectivity index (χ2n) is 17.5. The molecule has 0 saturated heterocycles. The summed E-state index contributed by atoms with van der Waals surface area (Å²) in [4.78, 5) is 2.27. The summed E-state index contributed by atoms with van der Waals surface area (Å²) < 4.78 is 26.5. The highest BCUT2D eigenvalue weighted by molar-refractivity contribution is 5.93. The molecule has 0 amide bonds. The van der Waals surface area contributed by atoms with E-state index in [9.17, 15) is 0 Å². The van der Waals surface area contributed by atoms with Gasteiger partial charge < -0.3 is 33.7 Å². The highest BCUT2D eigenvalue weighted by Gasteiger charge is 2.20. The van der Waals surface area contributed by atoms with Crippen molar-refractivity contribution in [3.8, 4) is 34.4 Å². The highest BCUT2D eigenvalue weighted by atomic mass is 16.5. The van der Waals surface area contributed by atoms with Crippen LogP contribution in [0.3, 0.4) is 0 Å². The number of allylic oxidation sites excluding steroid dienone is 8. The van der Waals surface area contributed by atoms with Gasteiger partial charge in [0.05, 0.1) is 11.3 Å². The van der Waals surface area contributed by atoms with Gasteiger partial charge in [-0.15, -0.1) is 6.58 Å². The van der Waals surface area contributed by atoms with Crippen LogP contribution < -0.4 is 24.4 Å². The number of nitrogens with zero attached hydrogens (tertiary/aromatic N) is 2. The van der Waals surface area contributed by atoms with Gasteiger partial charge in [0.1, 0.15) is 40.6 Å². The maximum Gasteiger partial charge on any atom is 0.129 e. The van der Waals surface area contributed by atoms with Crippen molar-refractivity contribution in [3.63, 3.8) is 0 Å². The summed E-state index contributed by atoms with van der Waals surface area (Å²) in [7, 11) is 0. The zero-order valence-electron chi connectivity index (χ0n) is 47.0. The molecule has 7 aromatic carbocycles. The maximum absolute atomic E-state index is 6.28. The van der Waals surface area contributed by atoms with Crippen LogP contribution >= 0.6 is 0 Å². The van der Waals surface area contributed by atoms with Crippen LogP contribution in [0, 0.1) is 6.92 Å². The molecular formula is C71H79N3O4. The normalized spacial score (nSPS) is 11.5. The molecule has 8 aromatic rings. The van der Waals surface area contributed by atoms with Crippen LogP contribution in [0.25, 0.3) is 16.6 Å². The van der Waals surface area contributed by atoms with E-state index < -0.39 is 0 Å². The Morgan fingerprint density at radius 1 is 0.615 bits per heavy atom. The molecule has 0 aliphatic carbocycles. The number of hydrogen-bond donors (Lipinski definition) is 1. The Hall–Kier alpha value is -8.94. The molecule has 1 unspecified atom stereocenters. The monoisotopic (exact) mass is 1040 g/mol. The number of fused-ring (bicyclic) bond motifs is 1. The summed E-state index contributed by atoms with van der Waals surface area (Å²) in [5.41, 5.74) is 7.88. The van der Waals surface area contributed by atoms with Crippen molar-refractivity contribution in [3.05, 3.63) is 285 Å². The van der Waals surface area contributed by atoms with E-state index >= 15 is 0 Å². The Morgan fingerprint density at radius 2 is 1.13 bits per heavy atom. The van der Waals surface area contributed by atoms with Crippen LogP contribution in [0.4, 0.5) is 17.1 Å². The smallest absolute Gasteiger partial charge is 0.129 e. The Labute approximate surface area is 466 Å². The molecule has 1 atom stereocenters. The molecule has 7 nitrogen and oxygen atoms in total. The summed E-state index contributed by atoms with van der Waals surface area (Å²) in [6.07, 6.45) is 22.7. The van der Waals surface area contributed by atoms with E-state index in [1.807, 2.05) is 193 Å². The SMILES string of the molecule is C/C=C\Cc1c(C)n(-c2ccccc2)c2ccc(N(c3cccc(Oc4ccccc4)c3)c3cccc(Oc4ccccc4)c3)cc12.C=C(CC/C=C\C)OC(C)/C=C/NC/C=C(\C=C/C)Oc1ccccc1.C=CC.CC. The third-order valence-corrected chi connectivity index (χ3v) is 11.7. The Bertz CT molecular complexity index is 3090. The molecule has 0 bridgehead atoms. The fraction of sp³-hybridized carbons (Fsp3) is 0.183. The number of nitrogens with one attached hydrogen (secondary N) is 1. The molecule has 402 valence electrons. The van der Waals surface area contributed by atoms with Crippen molar-refractivity contribution in [1.29, 1.82) is 0 Å². The number of aromatic nitrogens is 1. The van der Waals surface area contributed by atoms with Crippen molar-refractivity contribution in [2.24, 2.45) is 0 Å². The summed E-state index contributed by atoms with van der Waals surface area (Å²) in [5.74, 6) is 5.55. The minimum Gasteiger partial charge on any atom is -0.492 e. The summed E-state index contributed by atoms with van der Waals surface area (Å²) >= 11 is 0. The molecule has 1 heterocycles. The fourth-order valence-electron chi connectivity index (χ4n) is 8.22. The Kier molecular flexibility index (Phi) is 26.0. The van der Waals surface area contributed by atoms with E-state index in [0.717, 1.165) is 82.3 Å². The van der Waals surface area contributed by atoms with Gasteiger partial charge in [0.15, 0.2) is 0 Å². The van der Waals surface area contributed by atoms with Gasteiger partial charge in [0.2, 0.25) is 0 Å². The first kappa shape index (κ1) is 59.9. The number of ether oxygens (including phenoxy) is 4. The Balaban J connectivity index is 0.000000307. The molecule has 0 spiro atoms. The second kappa shape index (κ2) is 33.9. The summed E-state index contributed by atoms with van der Waals surface area (Å²) in [6.45, 7) is 24.1. The number of benzene rings is 7. The molecular weight excluding hydrogens is 959 g/mol. The van der Waals surface area contributed by atoms with Crippen LogP contribution in [-0.4, -0.2) is 17.2 Å². The quantitative estimate of drug-likeness (QED) is 0.0316. The van der Waals surface area contributed by atoms with Crippen LogP contribution in [-0.2, 0) is 11.2 Å². The number of hydrogen-bond acceptors (Lipinski definition) is 6. The predicted molar refractivity (Wildman–Crippen MR) is 332 cm³/mol. The number of para-hydroxylation sites is 4. The number of rotatable bonds is 22. The largest absolute Gasteiger partial charge is 0.492 e. The lowest BCUT2D eigenvalue weighted by atomic mass is 10.1. The van der Waals surface area contributed by atoms with Crippen molar-refractivity contribution in [2.45, 2.75) is 80.8 Å². The van der Waals surface area contributed by atoms with Crippen molar-refractivity contribution < 1.29 is 18.9 Å². The van der Waals surface area contributed by atoms with Crippen molar-refractivity contribution in [1.82, 2.24) is 9.88 Å². The molecule has 7 heteroatoms. The van der Waals surface area contributed by atoms with Crippen LogP contribution in [0.2, 0.25) is 0 Å². The van der Waals surface area contributed by atoms with E-state index in [0.29, 0.717) is 6.54 Å². The first-order chi connectivity index (χ1) is 38.2. The zero-order valence-corrected chi connectivity index (χ0v) is 47.0. The third kappa shape index (κ3) is 19.0. The molecule has 8 rings (SSSR count). The van der Waals surface area contributed by atoms with Gasteiger partial charge in [0.25, 0.3) is 0 Å². The lowest BCUT2D eigenvalue weighted by molar-refractivity contribution is 0.163. The molecule has 0 saturated carbocycles. The Morgan fingerprint density at radius 3 is 1.67 bits per heavy atom. The first-order valence-electron chi connectivity index (χ1n) is 27.0. The van der Waals surface area contributed by atoms with Crippen molar-refractivity contribution >= 4 is 28.0 Å². The molecule has 78 heavy (non-hydrogen) atoms. The first-order valence-corrected chi connectivity index (χ1v) is 27.0.